The Morgan fingerprint density at radius 1 is 1.23 bits per heavy atom. The Labute approximate surface area is 176 Å². The predicted molar refractivity (Wildman–Crippen MR) is 100 cm³/mol. The lowest BCUT2D eigenvalue weighted by atomic mass is 9.58. The summed E-state index contributed by atoms with van der Waals surface area (Å²) in [6.07, 6.45) is -3.21. The van der Waals surface area contributed by atoms with Crippen molar-refractivity contribution in [1.29, 1.82) is 15.8 Å². The van der Waals surface area contributed by atoms with Gasteiger partial charge < -0.3 is 15.4 Å². The third kappa shape index (κ3) is 3.67. The molecule has 1 aliphatic carbocycles. The monoisotopic (exact) mass is 427 g/mol. The fourth-order valence-corrected chi connectivity index (χ4v) is 4.19. The molecule has 158 valence electrons. The Bertz CT molecular complexity index is 1090. The molecule has 31 heavy (non-hydrogen) atoms. The van der Waals surface area contributed by atoms with E-state index in [-0.39, 0.29) is 30.3 Å². The molecule has 0 saturated heterocycles. The number of nitrogens with zero attached hydrogens (tertiary/aromatic N) is 4. The molecule has 2 atom stereocenters. The number of ether oxygens (including phenoxy) is 1. The van der Waals surface area contributed by atoms with Crippen molar-refractivity contribution in [2.75, 3.05) is 13.1 Å². The molecular formula is C21H16F3N5O2. The van der Waals surface area contributed by atoms with Crippen LogP contribution in [0.4, 0.5) is 13.2 Å². The van der Waals surface area contributed by atoms with Crippen molar-refractivity contribution in [3.8, 4) is 24.0 Å². The van der Waals surface area contributed by atoms with Gasteiger partial charge in [-0.1, -0.05) is 18.2 Å². The highest BCUT2D eigenvalue weighted by molar-refractivity contribution is 5.74. The van der Waals surface area contributed by atoms with Gasteiger partial charge in [0.25, 0.3) is 0 Å². The van der Waals surface area contributed by atoms with Crippen LogP contribution >= 0.6 is 0 Å². The van der Waals surface area contributed by atoms with Crippen molar-refractivity contribution in [3.63, 3.8) is 0 Å². The summed E-state index contributed by atoms with van der Waals surface area (Å²) in [6, 6.07) is 10.6. The topological polar surface area (TPSA) is 127 Å². The maximum atomic E-state index is 12.5. The first-order valence-corrected chi connectivity index (χ1v) is 9.12. The Morgan fingerprint density at radius 3 is 2.32 bits per heavy atom. The molecule has 2 aliphatic rings. The summed E-state index contributed by atoms with van der Waals surface area (Å²) < 4.78 is 41.4. The molecule has 0 radical (unpaired) electrons. The SMILES string of the molecule is CC(=O)N1CC=C2C(C#N)=C(N)C(C#N)(C#N)[C@H](c3ccc(OC(F)(F)F)cc3)[C@H]2C1. The number of fused-ring (bicyclic) bond motifs is 1. The van der Waals surface area contributed by atoms with Gasteiger partial charge in [-0.2, -0.15) is 15.8 Å². The highest BCUT2D eigenvalue weighted by Crippen LogP contribution is 2.54. The molecule has 0 unspecified atom stereocenters. The summed E-state index contributed by atoms with van der Waals surface area (Å²) in [6.45, 7) is 1.73. The summed E-state index contributed by atoms with van der Waals surface area (Å²) in [5.74, 6) is -2.25. The smallest absolute Gasteiger partial charge is 0.406 e. The molecule has 1 aliphatic heterocycles. The maximum absolute atomic E-state index is 12.5. The van der Waals surface area contributed by atoms with Crippen molar-refractivity contribution in [1.82, 2.24) is 4.90 Å². The van der Waals surface area contributed by atoms with Crippen molar-refractivity contribution in [2.45, 2.75) is 19.2 Å². The summed E-state index contributed by atoms with van der Waals surface area (Å²) in [4.78, 5) is 13.5. The number of carbonyl (C=O) groups is 1. The minimum absolute atomic E-state index is 0.0181. The number of nitrogens with two attached hydrogens (primary N) is 1. The largest absolute Gasteiger partial charge is 0.573 e. The van der Waals surface area contributed by atoms with E-state index in [9.17, 15) is 33.8 Å². The molecule has 1 heterocycles. The average molecular weight is 427 g/mol. The number of nitriles is 3. The third-order valence-electron chi connectivity index (χ3n) is 5.58. The third-order valence-corrected chi connectivity index (χ3v) is 5.58. The van der Waals surface area contributed by atoms with Gasteiger partial charge in [0.2, 0.25) is 5.91 Å². The Kier molecular flexibility index (Phi) is 5.40. The first-order valence-electron chi connectivity index (χ1n) is 9.12. The zero-order chi connectivity index (χ0) is 23.0. The number of rotatable bonds is 2. The van der Waals surface area contributed by atoms with Crippen LogP contribution in [0, 0.1) is 45.3 Å². The van der Waals surface area contributed by atoms with Gasteiger partial charge in [-0.05, 0) is 23.3 Å². The van der Waals surface area contributed by atoms with Crippen LogP contribution in [-0.4, -0.2) is 30.3 Å². The number of allylic oxidation sites excluding steroid dienone is 2. The van der Waals surface area contributed by atoms with E-state index in [2.05, 4.69) is 4.74 Å². The number of hydrogen-bond donors (Lipinski definition) is 1. The fourth-order valence-electron chi connectivity index (χ4n) is 4.19. The van der Waals surface area contributed by atoms with Crippen molar-refractivity contribution in [2.24, 2.45) is 17.1 Å². The van der Waals surface area contributed by atoms with E-state index in [1.807, 2.05) is 18.2 Å². The summed E-state index contributed by atoms with van der Waals surface area (Å²) in [5.41, 5.74) is 4.89. The van der Waals surface area contributed by atoms with E-state index in [1.165, 1.54) is 24.0 Å². The lowest BCUT2D eigenvalue weighted by Gasteiger charge is -2.45. The second-order valence-electron chi connectivity index (χ2n) is 7.22. The maximum Gasteiger partial charge on any atom is 0.573 e. The summed E-state index contributed by atoms with van der Waals surface area (Å²) in [7, 11) is 0. The Morgan fingerprint density at radius 2 is 1.84 bits per heavy atom. The lowest BCUT2D eigenvalue weighted by Crippen LogP contribution is -2.48. The molecule has 2 N–H and O–H groups in total. The van der Waals surface area contributed by atoms with Gasteiger partial charge in [-0.3, -0.25) is 4.79 Å². The Balaban J connectivity index is 2.19. The van der Waals surface area contributed by atoms with Gasteiger partial charge in [0.1, 0.15) is 11.8 Å². The standard InChI is InChI=1S/C21H16F3N5O2/c1-12(30)29-7-6-15-16(8-25)19(28)20(10-26,11-27)18(17(15)9-29)13-2-4-14(5-3-13)31-21(22,23)24/h2-6,17-18H,7,9,28H2,1H3/t17-,18+/m0/s1. The average Bonchev–Trinajstić information content (AvgIpc) is 2.72. The molecule has 0 spiro atoms. The minimum atomic E-state index is -4.87. The first-order chi connectivity index (χ1) is 14.6. The molecule has 1 aromatic rings. The highest BCUT2D eigenvalue weighted by atomic mass is 19.4. The number of hydrogen-bond acceptors (Lipinski definition) is 6. The zero-order valence-electron chi connectivity index (χ0n) is 16.3. The van der Waals surface area contributed by atoms with Crippen LogP contribution in [0.3, 0.4) is 0 Å². The summed E-state index contributed by atoms with van der Waals surface area (Å²) in [5, 5.41) is 29.6. The molecule has 0 saturated carbocycles. The van der Waals surface area contributed by atoms with Crippen LogP contribution in [-0.2, 0) is 4.79 Å². The number of amides is 1. The lowest BCUT2D eigenvalue weighted by molar-refractivity contribution is -0.274. The quantitative estimate of drug-likeness (QED) is 0.773. The van der Waals surface area contributed by atoms with Crippen molar-refractivity contribution in [3.05, 3.63) is 52.7 Å². The number of carbonyl (C=O) groups excluding carboxylic acids is 1. The molecule has 1 amide bonds. The molecule has 1 aromatic carbocycles. The van der Waals surface area contributed by atoms with Gasteiger partial charge in [0.15, 0.2) is 5.41 Å². The zero-order valence-corrected chi connectivity index (χ0v) is 16.3. The van der Waals surface area contributed by atoms with Crippen LogP contribution in [0.5, 0.6) is 5.75 Å². The molecular weight excluding hydrogens is 411 g/mol. The predicted octanol–water partition coefficient (Wildman–Crippen LogP) is 2.86. The van der Waals surface area contributed by atoms with Gasteiger partial charge in [0.05, 0.1) is 23.4 Å². The van der Waals surface area contributed by atoms with E-state index < -0.39 is 29.4 Å². The normalized spacial score (nSPS) is 22.4. The Hall–Kier alpha value is -3.97. The number of halogens is 3. The van der Waals surface area contributed by atoms with Crippen LogP contribution in [0.2, 0.25) is 0 Å². The molecule has 10 heteroatoms. The minimum Gasteiger partial charge on any atom is -0.406 e. The molecule has 0 fully saturated rings. The number of benzene rings is 1. The van der Waals surface area contributed by atoms with E-state index in [1.54, 1.807) is 6.08 Å². The highest BCUT2D eigenvalue weighted by Gasteiger charge is 2.54. The second kappa shape index (κ2) is 7.70. The number of alkyl halides is 3. The van der Waals surface area contributed by atoms with Crippen LogP contribution in [0.25, 0.3) is 0 Å². The van der Waals surface area contributed by atoms with Gasteiger partial charge in [-0.15, -0.1) is 13.2 Å². The van der Waals surface area contributed by atoms with E-state index in [0.29, 0.717) is 11.1 Å². The fraction of sp³-hybridized carbons (Fsp3) is 0.333. The van der Waals surface area contributed by atoms with Gasteiger partial charge >= 0.3 is 6.36 Å². The van der Waals surface area contributed by atoms with E-state index >= 15 is 0 Å². The molecule has 0 bridgehead atoms. The van der Waals surface area contributed by atoms with Crippen LogP contribution in [0.15, 0.2) is 47.2 Å². The first kappa shape index (κ1) is 21.7. The molecule has 3 rings (SSSR count). The molecule has 7 nitrogen and oxygen atoms in total. The van der Waals surface area contributed by atoms with E-state index in [0.717, 1.165) is 12.1 Å². The molecule has 0 aromatic heterocycles. The van der Waals surface area contributed by atoms with Gasteiger partial charge in [0, 0.05) is 31.8 Å². The van der Waals surface area contributed by atoms with E-state index in [4.69, 9.17) is 5.73 Å². The second-order valence-corrected chi connectivity index (χ2v) is 7.22. The summed E-state index contributed by atoms with van der Waals surface area (Å²) >= 11 is 0. The van der Waals surface area contributed by atoms with Crippen molar-refractivity contribution >= 4 is 5.91 Å². The van der Waals surface area contributed by atoms with Crippen LogP contribution < -0.4 is 10.5 Å². The van der Waals surface area contributed by atoms with Crippen molar-refractivity contribution < 1.29 is 22.7 Å². The van der Waals surface area contributed by atoms with Gasteiger partial charge in [-0.25, -0.2) is 0 Å². The van der Waals surface area contributed by atoms with Crippen LogP contribution in [0.1, 0.15) is 18.4 Å².